The molecule has 1 aromatic carbocycles. The van der Waals surface area contributed by atoms with Gasteiger partial charge in [0.1, 0.15) is 6.04 Å². The quantitative estimate of drug-likeness (QED) is 0.853. The smallest absolute Gasteiger partial charge is 0.326 e. The lowest BCUT2D eigenvalue weighted by Crippen LogP contribution is -2.43. The molecular weight excluding hydrogens is 288 g/mol. The number of carboxylic acid groups (broad SMARTS) is 1. The van der Waals surface area contributed by atoms with Gasteiger partial charge in [-0.3, -0.25) is 4.79 Å². The van der Waals surface area contributed by atoms with Gasteiger partial charge in [-0.1, -0.05) is 30.3 Å². The highest BCUT2D eigenvalue weighted by atomic mass is 32.1. The number of carboxylic acids is 1. The summed E-state index contributed by atoms with van der Waals surface area (Å²) in [6.07, 6.45) is 0.362. The second-order valence-corrected chi connectivity index (χ2v) is 5.74. The summed E-state index contributed by atoms with van der Waals surface area (Å²) in [5, 5.41) is 14.5. The molecule has 1 amide bonds. The van der Waals surface area contributed by atoms with Gasteiger partial charge in [0.25, 0.3) is 0 Å². The lowest BCUT2D eigenvalue weighted by Gasteiger charge is -2.14. The van der Waals surface area contributed by atoms with E-state index in [0.717, 1.165) is 10.6 Å². The van der Waals surface area contributed by atoms with Crippen LogP contribution in [-0.4, -0.2) is 28.0 Å². The van der Waals surface area contributed by atoms with E-state index in [2.05, 4.69) is 10.3 Å². The fourth-order valence-corrected chi connectivity index (χ4v) is 2.56. The van der Waals surface area contributed by atoms with E-state index in [1.54, 1.807) is 0 Å². The Morgan fingerprint density at radius 1 is 1.33 bits per heavy atom. The van der Waals surface area contributed by atoms with E-state index < -0.39 is 12.0 Å². The molecule has 0 saturated carbocycles. The predicted molar refractivity (Wildman–Crippen MR) is 80.3 cm³/mol. The highest BCUT2D eigenvalue weighted by Crippen LogP contribution is 2.09. The van der Waals surface area contributed by atoms with Gasteiger partial charge in [-0.05, 0) is 12.5 Å². The fraction of sp³-hybridized carbons (Fsp3) is 0.267. The van der Waals surface area contributed by atoms with E-state index in [1.807, 2.05) is 42.6 Å². The van der Waals surface area contributed by atoms with Crippen LogP contribution >= 0.6 is 11.3 Å². The van der Waals surface area contributed by atoms with Gasteiger partial charge in [-0.2, -0.15) is 0 Å². The van der Waals surface area contributed by atoms with E-state index >= 15 is 0 Å². The summed E-state index contributed by atoms with van der Waals surface area (Å²) < 4.78 is 0. The first kappa shape index (κ1) is 15.2. The van der Waals surface area contributed by atoms with Crippen molar-refractivity contribution in [3.8, 4) is 0 Å². The molecule has 5 nitrogen and oxygen atoms in total. The minimum Gasteiger partial charge on any atom is -0.480 e. The summed E-state index contributed by atoms with van der Waals surface area (Å²) in [5.74, 6) is -1.37. The lowest BCUT2D eigenvalue weighted by molar-refractivity contribution is -0.141. The van der Waals surface area contributed by atoms with Gasteiger partial charge >= 0.3 is 5.97 Å². The van der Waals surface area contributed by atoms with Crippen LogP contribution in [0.3, 0.4) is 0 Å². The summed E-state index contributed by atoms with van der Waals surface area (Å²) in [5.41, 5.74) is 1.54. The average Bonchev–Trinajstić information content (AvgIpc) is 2.84. The molecule has 1 aromatic heterocycles. The maximum absolute atomic E-state index is 11.9. The lowest BCUT2D eigenvalue weighted by atomic mass is 10.1. The Kier molecular flexibility index (Phi) is 5.05. The molecule has 0 radical (unpaired) electrons. The summed E-state index contributed by atoms with van der Waals surface area (Å²) in [7, 11) is 0. The number of hydrogen-bond donors (Lipinski definition) is 2. The minimum atomic E-state index is -1.04. The normalized spacial score (nSPS) is 11.9. The number of aryl methyl sites for hydroxylation is 1. The first-order valence-electron chi connectivity index (χ1n) is 6.51. The molecule has 0 aliphatic carbocycles. The third-order valence-electron chi connectivity index (χ3n) is 2.92. The number of nitrogens with one attached hydrogen (secondary N) is 1. The summed E-state index contributed by atoms with van der Waals surface area (Å²) >= 11 is 1.47. The Morgan fingerprint density at radius 3 is 2.62 bits per heavy atom. The Labute approximate surface area is 126 Å². The topological polar surface area (TPSA) is 79.3 Å². The highest BCUT2D eigenvalue weighted by Gasteiger charge is 2.20. The van der Waals surface area contributed by atoms with Crippen molar-refractivity contribution < 1.29 is 14.7 Å². The Hall–Kier alpha value is -2.21. The van der Waals surface area contributed by atoms with Crippen LogP contribution in [0, 0.1) is 6.92 Å². The third kappa shape index (κ3) is 4.68. The number of hydrogen-bond acceptors (Lipinski definition) is 4. The summed E-state index contributed by atoms with van der Waals surface area (Å²) in [6.45, 7) is 1.86. The number of aliphatic carboxylic acids is 1. The van der Waals surface area contributed by atoms with Gasteiger partial charge in [0.05, 0.1) is 17.1 Å². The molecule has 0 aliphatic rings. The Balaban J connectivity index is 1.96. The van der Waals surface area contributed by atoms with Crippen molar-refractivity contribution in [2.75, 3.05) is 0 Å². The fourth-order valence-electron chi connectivity index (χ4n) is 1.95. The second kappa shape index (κ2) is 6.99. The van der Waals surface area contributed by atoms with E-state index in [4.69, 9.17) is 0 Å². The molecule has 0 spiro atoms. The number of nitrogens with zero attached hydrogens (tertiary/aromatic N) is 1. The zero-order chi connectivity index (χ0) is 15.2. The molecule has 110 valence electrons. The van der Waals surface area contributed by atoms with Crippen molar-refractivity contribution in [2.24, 2.45) is 0 Å². The zero-order valence-corrected chi connectivity index (χ0v) is 12.4. The van der Waals surface area contributed by atoms with E-state index in [9.17, 15) is 14.7 Å². The molecule has 2 N–H and O–H groups in total. The number of carbonyl (C=O) groups excluding carboxylic acids is 1. The number of amides is 1. The van der Waals surface area contributed by atoms with Crippen molar-refractivity contribution in [3.05, 3.63) is 52.0 Å². The molecular formula is C15H16N2O3S. The molecule has 1 atom stereocenters. The van der Waals surface area contributed by atoms with Crippen LogP contribution in [0.15, 0.2) is 35.7 Å². The van der Waals surface area contributed by atoms with Crippen LogP contribution < -0.4 is 5.32 Å². The molecule has 1 unspecified atom stereocenters. The monoisotopic (exact) mass is 304 g/mol. The van der Waals surface area contributed by atoms with Crippen LogP contribution in [0.25, 0.3) is 0 Å². The predicted octanol–water partition coefficient (Wildman–Crippen LogP) is 1.81. The van der Waals surface area contributed by atoms with Gasteiger partial charge < -0.3 is 10.4 Å². The average molecular weight is 304 g/mol. The van der Waals surface area contributed by atoms with Crippen molar-refractivity contribution in [1.29, 1.82) is 0 Å². The standard InChI is InChI=1S/C15H16N2O3S/c1-10-16-12(9-21-10)8-14(18)17-13(15(19)20)7-11-5-3-2-4-6-11/h2-6,9,13H,7-8H2,1H3,(H,17,18)(H,19,20). The summed E-state index contributed by atoms with van der Waals surface area (Å²) in [6, 6.07) is 8.29. The first-order chi connectivity index (χ1) is 10.0. The molecule has 0 fully saturated rings. The number of aromatic nitrogens is 1. The van der Waals surface area contributed by atoms with Crippen LogP contribution in [0.5, 0.6) is 0 Å². The molecule has 0 aliphatic heterocycles. The molecule has 2 aromatic rings. The Bertz CT molecular complexity index is 625. The molecule has 21 heavy (non-hydrogen) atoms. The van der Waals surface area contributed by atoms with Crippen molar-refractivity contribution in [3.63, 3.8) is 0 Å². The van der Waals surface area contributed by atoms with Crippen LogP contribution in [0.4, 0.5) is 0 Å². The SMILES string of the molecule is Cc1nc(CC(=O)NC(Cc2ccccc2)C(=O)O)cs1. The van der Waals surface area contributed by atoms with E-state index in [-0.39, 0.29) is 18.7 Å². The van der Waals surface area contributed by atoms with Crippen LogP contribution in [0.2, 0.25) is 0 Å². The molecule has 2 rings (SSSR count). The van der Waals surface area contributed by atoms with E-state index in [0.29, 0.717) is 5.69 Å². The first-order valence-corrected chi connectivity index (χ1v) is 7.39. The number of rotatable bonds is 6. The van der Waals surface area contributed by atoms with Gasteiger partial charge in [-0.15, -0.1) is 11.3 Å². The van der Waals surface area contributed by atoms with Gasteiger partial charge in [-0.25, -0.2) is 9.78 Å². The van der Waals surface area contributed by atoms with Gasteiger partial charge in [0.2, 0.25) is 5.91 Å². The third-order valence-corrected chi connectivity index (χ3v) is 3.75. The van der Waals surface area contributed by atoms with Crippen molar-refractivity contribution >= 4 is 23.2 Å². The molecule has 0 bridgehead atoms. The zero-order valence-electron chi connectivity index (χ0n) is 11.6. The molecule has 0 saturated heterocycles. The Morgan fingerprint density at radius 2 is 2.05 bits per heavy atom. The second-order valence-electron chi connectivity index (χ2n) is 4.68. The number of benzene rings is 1. The van der Waals surface area contributed by atoms with Crippen molar-refractivity contribution in [2.45, 2.75) is 25.8 Å². The van der Waals surface area contributed by atoms with E-state index in [1.165, 1.54) is 11.3 Å². The minimum absolute atomic E-state index is 0.100. The largest absolute Gasteiger partial charge is 0.480 e. The summed E-state index contributed by atoms with van der Waals surface area (Å²) in [4.78, 5) is 27.4. The maximum Gasteiger partial charge on any atom is 0.326 e. The molecule has 6 heteroatoms. The molecule has 1 heterocycles. The number of thiazole rings is 1. The van der Waals surface area contributed by atoms with Crippen molar-refractivity contribution in [1.82, 2.24) is 10.3 Å². The van der Waals surface area contributed by atoms with Gasteiger partial charge in [0, 0.05) is 11.8 Å². The number of carbonyl (C=O) groups is 2. The maximum atomic E-state index is 11.9. The van der Waals surface area contributed by atoms with Crippen LogP contribution in [-0.2, 0) is 22.4 Å². The van der Waals surface area contributed by atoms with Crippen LogP contribution in [0.1, 0.15) is 16.3 Å². The highest BCUT2D eigenvalue weighted by molar-refractivity contribution is 7.09. The van der Waals surface area contributed by atoms with Gasteiger partial charge in [0.15, 0.2) is 0 Å².